The molecule has 0 radical (unpaired) electrons. The lowest BCUT2D eigenvalue weighted by atomic mass is 9.89. The highest BCUT2D eigenvalue weighted by molar-refractivity contribution is 7.93. The van der Waals surface area contributed by atoms with Crippen LogP contribution in [0.3, 0.4) is 0 Å². The molecular weight excluding hydrogens is 617 g/mol. The number of aromatic nitrogens is 1. The lowest BCUT2D eigenvalue weighted by Gasteiger charge is -2.53. The van der Waals surface area contributed by atoms with Crippen LogP contribution >= 0.6 is 0 Å². The molecule has 46 heavy (non-hydrogen) atoms. The molecule has 0 saturated carbocycles. The topological polar surface area (TPSA) is 140 Å². The molecule has 1 spiro atoms. The van der Waals surface area contributed by atoms with E-state index in [0.29, 0.717) is 10.5 Å². The largest absolute Gasteiger partial charge is 0.443 e. The number of Topliss-reactive ketones (excluding diaryl/α,β-unsaturated/α-hetero) is 1. The Morgan fingerprint density at radius 1 is 1.04 bits per heavy atom. The number of benzene rings is 1. The lowest BCUT2D eigenvalue weighted by Crippen LogP contribution is -2.75. The molecule has 2 aliphatic rings. The van der Waals surface area contributed by atoms with Crippen molar-refractivity contribution in [2.45, 2.75) is 76.4 Å². The van der Waals surface area contributed by atoms with Crippen molar-refractivity contribution in [1.29, 1.82) is 0 Å². The molecule has 1 aromatic carbocycles. The van der Waals surface area contributed by atoms with Gasteiger partial charge >= 0.3 is 12.2 Å². The number of hydrogen-bond acceptors (Lipinski definition) is 10. The Morgan fingerprint density at radius 3 is 2.11 bits per heavy atom. The number of likely N-dealkylation sites (tertiary alicyclic amines) is 1. The fourth-order valence-corrected chi connectivity index (χ4v) is 7.91. The van der Waals surface area contributed by atoms with E-state index in [1.54, 1.807) is 53.5 Å². The summed E-state index contributed by atoms with van der Waals surface area (Å²) in [5, 5.41) is 0. The number of amides is 2. The van der Waals surface area contributed by atoms with Crippen LogP contribution in [-0.4, -0.2) is 88.8 Å². The smallest absolute Gasteiger partial charge is 0.425 e. The SMILES string of the molecule is [C-]#[N+]c1ccc(C(=O)Cc2ccc(F)c([C@]3(C)CS(=O)(=O)C4(CN(C)C4)C(N(C(=O)OC(C)(C)C)C(=O)OC(C)(C)C)=N3)c2)nc1. The minimum Gasteiger partial charge on any atom is -0.443 e. The first-order valence-electron chi connectivity index (χ1n) is 14.5. The maximum Gasteiger partial charge on any atom is 0.425 e. The molecule has 1 atom stereocenters. The molecule has 2 aromatic rings. The Balaban J connectivity index is 1.86. The zero-order chi connectivity index (χ0) is 34.5. The predicted molar refractivity (Wildman–Crippen MR) is 168 cm³/mol. The van der Waals surface area contributed by atoms with E-state index in [2.05, 4.69) is 9.83 Å². The van der Waals surface area contributed by atoms with E-state index in [1.165, 1.54) is 37.4 Å². The Kier molecular flexibility index (Phi) is 8.93. The monoisotopic (exact) mass is 655 g/mol. The molecule has 0 N–H and O–H groups in total. The van der Waals surface area contributed by atoms with Gasteiger partial charge in [-0.3, -0.25) is 14.8 Å². The molecule has 1 saturated heterocycles. The van der Waals surface area contributed by atoms with Gasteiger partial charge in [0.05, 0.1) is 12.3 Å². The summed E-state index contributed by atoms with van der Waals surface area (Å²) in [6.45, 7) is 17.8. The van der Waals surface area contributed by atoms with Gasteiger partial charge in [-0.1, -0.05) is 12.1 Å². The first-order chi connectivity index (χ1) is 21.1. The Morgan fingerprint density at radius 2 is 1.63 bits per heavy atom. The van der Waals surface area contributed by atoms with Crippen LogP contribution in [-0.2, 0) is 31.3 Å². The summed E-state index contributed by atoms with van der Waals surface area (Å²) in [5.41, 5.74) is -3.39. The van der Waals surface area contributed by atoms with Crippen molar-refractivity contribution in [2.24, 2.45) is 4.99 Å². The maximum absolute atomic E-state index is 15.6. The standard InChI is InChI=1S/C32H38FN5O7S/c1-29(2,3)44-27(40)38(28(41)45-30(4,5)6)26-32(17-37(9)18-32)46(42,43)19-31(7,36-26)22-14-20(10-12-23(22)33)15-25(39)24-13-11-21(34-8)16-35-24/h10-14,16H,15,17-19H2,1-7,9H3/t31-/m0/s1. The number of halogens is 1. The number of ketones is 1. The molecule has 246 valence electrons. The van der Waals surface area contributed by atoms with Gasteiger partial charge in [0, 0.05) is 31.3 Å². The zero-order valence-electron chi connectivity index (χ0n) is 27.2. The van der Waals surface area contributed by atoms with Crippen molar-refractivity contribution in [2.75, 3.05) is 25.9 Å². The van der Waals surface area contributed by atoms with Crippen LogP contribution in [0.15, 0.2) is 41.5 Å². The minimum atomic E-state index is -4.22. The molecule has 2 aliphatic heterocycles. The van der Waals surface area contributed by atoms with E-state index in [-0.39, 0.29) is 36.5 Å². The molecule has 2 amide bonds. The highest BCUT2D eigenvalue weighted by Crippen LogP contribution is 2.44. The summed E-state index contributed by atoms with van der Waals surface area (Å²) in [4.78, 5) is 54.5. The third-order valence-electron chi connectivity index (χ3n) is 7.38. The van der Waals surface area contributed by atoms with Crippen LogP contribution in [0.1, 0.15) is 70.1 Å². The van der Waals surface area contributed by atoms with E-state index in [9.17, 15) is 22.8 Å². The van der Waals surface area contributed by atoms with Gasteiger partial charge in [0.15, 0.2) is 20.4 Å². The number of carbonyl (C=O) groups is 3. The van der Waals surface area contributed by atoms with E-state index in [0.717, 1.165) is 6.07 Å². The highest BCUT2D eigenvalue weighted by Gasteiger charge is 2.64. The van der Waals surface area contributed by atoms with Crippen LogP contribution in [0.25, 0.3) is 4.85 Å². The molecule has 3 heterocycles. The van der Waals surface area contributed by atoms with Gasteiger partial charge in [-0.05, 0) is 79.3 Å². The summed E-state index contributed by atoms with van der Waals surface area (Å²) in [5.74, 6) is -2.26. The molecule has 12 nitrogen and oxygen atoms in total. The second-order valence-electron chi connectivity index (χ2n) is 13.9. The molecule has 0 aliphatic carbocycles. The van der Waals surface area contributed by atoms with Crippen LogP contribution in [0.4, 0.5) is 19.7 Å². The van der Waals surface area contributed by atoms with Gasteiger partial charge in [-0.25, -0.2) is 27.2 Å². The van der Waals surface area contributed by atoms with Gasteiger partial charge < -0.3 is 14.4 Å². The molecule has 14 heteroatoms. The van der Waals surface area contributed by atoms with Crippen LogP contribution in [0.5, 0.6) is 0 Å². The second kappa shape index (κ2) is 11.9. The van der Waals surface area contributed by atoms with Crippen LogP contribution in [0.2, 0.25) is 0 Å². The molecule has 0 unspecified atom stereocenters. The summed E-state index contributed by atoms with van der Waals surface area (Å²) >= 11 is 0. The first kappa shape index (κ1) is 34.6. The van der Waals surface area contributed by atoms with E-state index < -0.39 is 66.7 Å². The summed E-state index contributed by atoms with van der Waals surface area (Å²) in [6, 6.07) is 6.74. The van der Waals surface area contributed by atoms with E-state index in [1.807, 2.05) is 0 Å². The summed E-state index contributed by atoms with van der Waals surface area (Å²) < 4.78 is 53.4. The Bertz CT molecular complexity index is 1720. The number of sulfone groups is 1. The van der Waals surface area contributed by atoms with Crippen molar-refractivity contribution in [3.63, 3.8) is 0 Å². The average molecular weight is 656 g/mol. The van der Waals surface area contributed by atoms with Gasteiger partial charge in [0.25, 0.3) is 0 Å². The van der Waals surface area contributed by atoms with Crippen molar-refractivity contribution in [3.8, 4) is 0 Å². The van der Waals surface area contributed by atoms with Crippen LogP contribution in [0, 0.1) is 12.4 Å². The number of nitrogens with zero attached hydrogens (tertiary/aromatic N) is 5. The average Bonchev–Trinajstić information content (AvgIpc) is 2.88. The normalized spacial score (nSPS) is 20.6. The predicted octanol–water partition coefficient (Wildman–Crippen LogP) is 5.10. The number of hydrogen-bond donors (Lipinski definition) is 0. The molecular formula is C32H38FN5O7S. The lowest BCUT2D eigenvalue weighted by molar-refractivity contribution is 0.0126. The van der Waals surface area contributed by atoms with Gasteiger partial charge in [-0.15, -0.1) is 0 Å². The van der Waals surface area contributed by atoms with Gasteiger partial charge in [-0.2, -0.15) is 4.90 Å². The zero-order valence-corrected chi connectivity index (χ0v) is 28.0. The first-order valence-corrected chi connectivity index (χ1v) is 16.2. The third-order valence-corrected chi connectivity index (χ3v) is 9.95. The molecule has 1 aromatic heterocycles. The highest BCUT2D eigenvalue weighted by atomic mass is 32.2. The number of aliphatic imine (C=N–C) groups is 1. The number of carbonyl (C=O) groups excluding carboxylic acids is 3. The molecule has 4 rings (SSSR count). The molecule has 1 fully saturated rings. The van der Waals surface area contributed by atoms with Crippen molar-refractivity contribution in [3.05, 3.63) is 70.6 Å². The van der Waals surface area contributed by atoms with Crippen molar-refractivity contribution < 1.29 is 36.7 Å². The number of imide groups is 1. The van der Waals surface area contributed by atoms with Gasteiger partial charge in [0.1, 0.15) is 34.1 Å². The summed E-state index contributed by atoms with van der Waals surface area (Å²) in [7, 11) is -2.54. The maximum atomic E-state index is 15.6. The van der Waals surface area contributed by atoms with E-state index >= 15 is 4.39 Å². The number of amidine groups is 1. The van der Waals surface area contributed by atoms with Crippen LogP contribution < -0.4 is 0 Å². The number of rotatable bonds is 4. The fraction of sp³-hybridized carbons (Fsp3) is 0.500. The minimum absolute atomic E-state index is 0.0807. The van der Waals surface area contributed by atoms with E-state index in [4.69, 9.17) is 21.0 Å². The third kappa shape index (κ3) is 6.95. The summed E-state index contributed by atoms with van der Waals surface area (Å²) in [6.07, 6.45) is -1.31. The second-order valence-corrected chi connectivity index (χ2v) is 16.2. The van der Waals surface area contributed by atoms with Crippen molar-refractivity contribution in [1.82, 2.24) is 14.8 Å². The number of pyridine rings is 1. The fourth-order valence-electron chi connectivity index (χ4n) is 5.42. The Hall–Kier alpha value is -4.22. The van der Waals surface area contributed by atoms with Gasteiger partial charge in [0.2, 0.25) is 5.69 Å². The quantitative estimate of drug-likeness (QED) is 0.325. The Labute approximate surface area is 268 Å². The molecule has 0 bridgehead atoms. The number of ether oxygens (including phenoxy) is 2. The van der Waals surface area contributed by atoms with Crippen molar-refractivity contribution >= 4 is 39.3 Å².